The topological polar surface area (TPSA) is 79.9 Å². The Bertz CT molecular complexity index is 791. The van der Waals surface area contributed by atoms with Crippen LogP contribution in [0.1, 0.15) is 11.1 Å². The molecule has 0 heterocycles. The highest BCUT2D eigenvalue weighted by molar-refractivity contribution is 5.81. The Kier molecular flexibility index (Phi) is 7.80. The monoisotopic (exact) mass is 386 g/mol. The molecule has 28 heavy (non-hydrogen) atoms. The highest BCUT2D eigenvalue weighted by atomic mass is 19.1. The van der Waals surface area contributed by atoms with E-state index in [0.717, 1.165) is 16.9 Å². The summed E-state index contributed by atoms with van der Waals surface area (Å²) in [7, 11) is 5.24. The summed E-state index contributed by atoms with van der Waals surface area (Å²) in [4.78, 5) is 18.1. The number of guanidine groups is 1. The van der Waals surface area contributed by atoms with E-state index in [-0.39, 0.29) is 5.82 Å². The summed E-state index contributed by atoms with van der Waals surface area (Å²) in [6, 6.07) is 13.9. The van der Waals surface area contributed by atoms with Crippen LogP contribution in [0.2, 0.25) is 0 Å². The van der Waals surface area contributed by atoms with Crippen molar-refractivity contribution >= 4 is 11.9 Å². The second-order valence-corrected chi connectivity index (χ2v) is 6.56. The first-order chi connectivity index (χ1) is 13.4. The Hall–Kier alpha value is -3.09. The van der Waals surface area contributed by atoms with Crippen molar-refractivity contribution in [2.45, 2.75) is 13.0 Å². The van der Waals surface area contributed by atoms with Crippen molar-refractivity contribution in [1.29, 1.82) is 0 Å². The molecule has 0 saturated heterocycles. The fraction of sp³-hybridized carbons (Fsp3) is 0.333. The summed E-state index contributed by atoms with van der Waals surface area (Å²) in [5.41, 5.74) is 7.51. The molecule has 0 aliphatic carbocycles. The number of nitrogens with two attached hydrogens (primary N) is 1. The maximum absolute atomic E-state index is 13.1. The standard InChI is InChI=1S/C21H27FN4O2/c1-24-21(26(2)14-16-6-10-19(28-3)11-7-16)25-13-17(20(23)27)12-15-4-8-18(22)9-5-15/h4-11,17H,12-14H2,1-3H3,(H2,23,27)(H,24,25). The number of ether oxygens (including phenoxy) is 1. The van der Waals surface area contributed by atoms with Gasteiger partial charge in [-0.25, -0.2) is 4.39 Å². The molecule has 0 saturated carbocycles. The molecule has 1 unspecified atom stereocenters. The molecule has 0 spiro atoms. The summed E-state index contributed by atoms with van der Waals surface area (Å²) in [5.74, 6) is 0.305. The van der Waals surface area contributed by atoms with Gasteiger partial charge in [0.05, 0.1) is 13.0 Å². The summed E-state index contributed by atoms with van der Waals surface area (Å²) in [6.07, 6.45) is 0.432. The van der Waals surface area contributed by atoms with Crippen LogP contribution in [0.4, 0.5) is 4.39 Å². The predicted octanol–water partition coefficient (Wildman–Crippen LogP) is 2.19. The number of nitrogens with one attached hydrogen (secondary N) is 1. The molecule has 3 N–H and O–H groups in total. The van der Waals surface area contributed by atoms with Gasteiger partial charge in [0.15, 0.2) is 5.96 Å². The van der Waals surface area contributed by atoms with Gasteiger partial charge in [-0.3, -0.25) is 9.79 Å². The molecule has 2 aromatic carbocycles. The highest BCUT2D eigenvalue weighted by Gasteiger charge is 2.18. The Labute approximate surface area is 165 Å². The third kappa shape index (κ3) is 6.26. The van der Waals surface area contributed by atoms with Gasteiger partial charge in [0, 0.05) is 27.2 Å². The van der Waals surface area contributed by atoms with Crippen LogP contribution in [0.3, 0.4) is 0 Å². The van der Waals surface area contributed by atoms with Crippen molar-refractivity contribution in [1.82, 2.24) is 10.2 Å². The second-order valence-electron chi connectivity index (χ2n) is 6.56. The fourth-order valence-corrected chi connectivity index (χ4v) is 2.86. The van der Waals surface area contributed by atoms with Crippen molar-refractivity contribution in [3.8, 4) is 5.75 Å². The minimum absolute atomic E-state index is 0.307. The number of aliphatic imine (C=N–C) groups is 1. The van der Waals surface area contributed by atoms with E-state index in [1.54, 1.807) is 26.3 Å². The van der Waals surface area contributed by atoms with Crippen LogP contribution in [0.5, 0.6) is 5.75 Å². The van der Waals surface area contributed by atoms with E-state index in [4.69, 9.17) is 10.5 Å². The van der Waals surface area contributed by atoms with Gasteiger partial charge in [0.1, 0.15) is 11.6 Å². The molecule has 1 atom stereocenters. The molecule has 0 fully saturated rings. The molecule has 6 nitrogen and oxygen atoms in total. The van der Waals surface area contributed by atoms with Gasteiger partial charge < -0.3 is 20.7 Å². The van der Waals surface area contributed by atoms with Gasteiger partial charge in [-0.2, -0.15) is 0 Å². The van der Waals surface area contributed by atoms with E-state index in [9.17, 15) is 9.18 Å². The lowest BCUT2D eigenvalue weighted by molar-refractivity contribution is -0.121. The minimum atomic E-state index is -0.434. The number of hydrogen-bond donors (Lipinski definition) is 2. The molecule has 150 valence electrons. The molecule has 0 aromatic heterocycles. The summed E-state index contributed by atoms with van der Waals surface area (Å²) in [6.45, 7) is 0.981. The second kappa shape index (κ2) is 10.3. The third-order valence-electron chi connectivity index (χ3n) is 4.46. The highest BCUT2D eigenvalue weighted by Crippen LogP contribution is 2.13. The number of carbonyl (C=O) groups excluding carboxylic acids is 1. The van der Waals surface area contributed by atoms with Crippen molar-refractivity contribution in [3.63, 3.8) is 0 Å². The SMILES string of the molecule is CN=C(NCC(Cc1ccc(F)cc1)C(N)=O)N(C)Cc1ccc(OC)cc1. The number of methoxy groups -OCH3 is 1. The van der Waals surface area contributed by atoms with Gasteiger partial charge in [-0.05, 0) is 41.8 Å². The van der Waals surface area contributed by atoms with Crippen LogP contribution in [0.15, 0.2) is 53.5 Å². The van der Waals surface area contributed by atoms with E-state index in [1.807, 2.05) is 36.2 Å². The van der Waals surface area contributed by atoms with Crippen molar-refractivity contribution in [3.05, 3.63) is 65.5 Å². The number of rotatable bonds is 8. The smallest absolute Gasteiger partial charge is 0.222 e. The molecule has 2 aromatic rings. The molecule has 1 amide bonds. The van der Waals surface area contributed by atoms with Gasteiger partial charge in [-0.1, -0.05) is 24.3 Å². The van der Waals surface area contributed by atoms with Crippen molar-refractivity contribution in [2.75, 3.05) is 27.7 Å². The lowest BCUT2D eigenvalue weighted by atomic mass is 9.98. The van der Waals surface area contributed by atoms with Crippen LogP contribution >= 0.6 is 0 Å². The first-order valence-electron chi connectivity index (χ1n) is 9.01. The molecule has 0 aliphatic heterocycles. The van der Waals surface area contributed by atoms with Crippen LogP contribution < -0.4 is 15.8 Å². The minimum Gasteiger partial charge on any atom is -0.497 e. The average Bonchev–Trinajstić information content (AvgIpc) is 2.69. The number of amides is 1. The number of halogens is 1. The van der Waals surface area contributed by atoms with E-state index in [1.165, 1.54) is 12.1 Å². The lowest BCUT2D eigenvalue weighted by Crippen LogP contribution is -2.43. The van der Waals surface area contributed by atoms with E-state index in [0.29, 0.717) is 25.5 Å². The van der Waals surface area contributed by atoms with Gasteiger partial charge in [0.25, 0.3) is 0 Å². The zero-order chi connectivity index (χ0) is 20.5. The summed E-state index contributed by atoms with van der Waals surface area (Å²) >= 11 is 0. The largest absolute Gasteiger partial charge is 0.497 e. The quantitative estimate of drug-likeness (QED) is 0.538. The number of nitrogens with zero attached hydrogens (tertiary/aromatic N) is 2. The third-order valence-corrected chi connectivity index (χ3v) is 4.46. The summed E-state index contributed by atoms with van der Waals surface area (Å²) < 4.78 is 18.2. The van der Waals surface area contributed by atoms with Gasteiger partial charge in [-0.15, -0.1) is 0 Å². The van der Waals surface area contributed by atoms with Crippen molar-refractivity contribution in [2.24, 2.45) is 16.6 Å². The van der Waals surface area contributed by atoms with E-state index >= 15 is 0 Å². The molecular weight excluding hydrogens is 359 g/mol. The van der Waals surface area contributed by atoms with Crippen LogP contribution in [-0.2, 0) is 17.8 Å². The lowest BCUT2D eigenvalue weighted by Gasteiger charge is -2.24. The maximum Gasteiger partial charge on any atom is 0.222 e. The van der Waals surface area contributed by atoms with Crippen LogP contribution in [0.25, 0.3) is 0 Å². The fourth-order valence-electron chi connectivity index (χ4n) is 2.86. The zero-order valence-electron chi connectivity index (χ0n) is 16.5. The van der Waals surface area contributed by atoms with Crippen molar-refractivity contribution < 1.29 is 13.9 Å². The van der Waals surface area contributed by atoms with Gasteiger partial charge in [0.2, 0.25) is 5.91 Å². The average molecular weight is 386 g/mol. The molecule has 0 bridgehead atoms. The number of primary amides is 1. The zero-order valence-corrected chi connectivity index (χ0v) is 16.5. The Morgan fingerprint density at radius 3 is 2.32 bits per heavy atom. The number of carbonyl (C=O) groups is 1. The number of benzene rings is 2. The molecule has 0 aliphatic rings. The maximum atomic E-state index is 13.1. The van der Waals surface area contributed by atoms with E-state index < -0.39 is 11.8 Å². The van der Waals surface area contributed by atoms with Crippen LogP contribution in [0, 0.1) is 11.7 Å². The Morgan fingerprint density at radius 1 is 1.18 bits per heavy atom. The number of hydrogen-bond acceptors (Lipinski definition) is 3. The molecule has 0 radical (unpaired) electrons. The summed E-state index contributed by atoms with van der Waals surface area (Å²) in [5, 5.41) is 3.20. The molecular formula is C21H27FN4O2. The molecule has 7 heteroatoms. The predicted molar refractivity (Wildman–Crippen MR) is 109 cm³/mol. The van der Waals surface area contributed by atoms with E-state index in [2.05, 4.69) is 10.3 Å². The first kappa shape index (κ1) is 21.2. The van der Waals surface area contributed by atoms with Gasteiger partial charge >= 0.3 is 0 Å². The molecule has 2 rings (SSSR count). The Balaban J connectivity index is 1.95. The first-order valence-corrected chi connectivity index (χ1v) is 9.01. The van der Waals surface area contributed by atoms with Crippen LogP contribution in [-0.4, -0.2) is 44.5 Å². The normalized spacial score (nSPS) is 12.4. The Morgan fingerprint density at radius 2 is 1.79 bits per heavy atom.